The van der Waals surface area contributed by atoms with Crippen LogP contribution in [0.2, 0.25) is 5.02 Å². The van der Waals surface area contributed by atoms with Gasteiger partial charge >= 0.3 is 0 Å². The minimum Gasteiger partial charge on any atom is -0.382 e. The van der Waals surface area contributed by atoms with Crippen LogP contribution in [-0.4, -0.2) is 9.97 Å². The summed E-state index contributed by atoms with van der Waals surface area (Å²) in [6.07, 6.45) is 1.49. The average Bonchev–Trinajstić information content (AvgIpc) is 2.35. The van der Waals surface area contributed by atoms with E-state index in [2.05, 4.69) is 9.97 Å². The van der Waals surface area contributed by atoms with E-state index < -0.39 is 5.82 Å². The molecule has 1 heterocycles. The molecule has 18 heavy (non-hydrogen) atoms. The number of nitrogen functional groups attached to an aromatic ring is 1. The highest BCUT2D eigenvalue weighted by molar-refractivity contribution is 6.30. The molecular weight excluding hydrogens is 255 g/mol. The second-order valence-electron chi connectivity index (χ2n) is 3.59. The lowest BCUT2D eigenvalue weighted by atomic mass is 10.1. The van der Waals surface area contributed by atoms with Crippen molar-refractivity contribution >= 4 is 17.4 Å². The maximum atomic E-state index is 13.7. The Morgan fingerprint density at radius 2 is 2.22 bits per heavy atom. The molecule has 0 aliphatic heterocycles. The molecule has 0 radical (unpaired) electrons. The first-order valence-corrected chi connectivity index (χ1v) is 5.44. The highest BCUT2D eigenvalue weighted by atomic mass is 35.5. The van der Waals surface area contributed by atoms with E-state index in [1.807, 2.05) is 6.07 Å². The number of nitrogens with zero attached hydrogens (tertiary/aromatic N) is 3. The highest BCUT2D eigenvalue weighted by Crippen LogP contribution is 2.19. The fraction of sp³-hybridized carbons (Fsp3) is 0.0833. The Labute approximate surface area is 108 Å². The van der Waals surface area contributed by atoms with E-state index in [0.717, 1.165) is 0 Å². The topological polar surface area (TPSA) is 75.6 Å². The van der Waals surface area contributed by atoms with Crippen LogP contribution in [0.25, 0.3) is 0 Å². The van der Waals surface area contributed by atoms with Crippen LogP contribution in [0.4, 0.5) is 10.2 Å². The number of benzene rings is 1. The molecule has 6 heteroatoms. The van der Waals surface area contributed by atoms with Gasteiger partial charge in [-0.25, -0.2) is 14.4 Å². The van der Waals surface area contributed by atoms with Crippen LogP contribution in [0.5, 0.6) is 0 Å². The molecule has 0 aliphatic rings. The molecule has 0 fully saturated rings. The summed E-state index contributed by atoms with van der Waals surface area (Å²) in [4.78, 5) is 7.90. The summed E-state index contributed by atoms with van der Waals surface area (Å²) in [7, 11) is 0. The summed E-state index contributed by atoms with van der Waals surface area (Å²) in [5.41, 5.74) is 6.14. The zero-order chi connectivity index (χ0) is 13.1. The Hall–Kier alpha value is -2.19. The number of nitrogens with two attached hydrogens (primary N) is 1. The largest absolute Gasteiger partial charge is 0.382 e. The van der Waals surface area contributed by atoms with Gasteiger partial charge in [-0.15, -0.1) is 0 Å². The third-order valence-electron chi connectivity index (χ3n) is 2.37. The monoisotopic (exact) mass is 262 g/mol. The van der Waals surface area contributed by atoms with Crippen LogP contribution in [0.1, 0.15) is 17.0 Å². The van der Waals surface area contributed by atoms with E-state index >= 15 is 0 Å². The predicted octanol–water partition coefficient (Wildman–Crippen LogP) is 2.31. The Balaban J connectivity index is 2.32. The summed E-state index contributed by atoms with van der Waals surface area (Å²) in [5.74, 6) is -0.0664. The highest BCUT2D eigenvalue weighted by Gasteiger charge is 2.10. The Kier molecular flexibility index (Phi) is 3.40. The molecular formula is C12H8ClFN4. The van der Waals surface area contributed by atoms with Crippen molar-refractivity contribution in [3.8, 4) is 6.07 Å². The van der Waals surface area contributed by atoms with E-state index in [4.69, 9.17) is 22.6 Å². The van der Waals surface area contributed by atoms with E-state index in [1.165, 1.54) is 12.3 Å². The minimum atomic E-state index is -0.495. The molecule has 0 unspecified atom stereocenters. The second-order valence-corrected chi connectivity index (χ2v) is 3.99. The molecule has 4 nitrogen and oxygen atoms in total. The average molecular weight is 263 g/mol. The molecule has 1 aromatic carbocycles. The molecule has 0 amide bonds. The van der Waals surface area contributed by atoms with Gasteiger partial charge in [-0.1, -0.05) is 23.7 Å². The third-order valence-corrected chi connectivity index (χ3v) is 2.66. The molecule has 0 spiro atoms. The first-order valence-electron chi connectivity index (χ1n) is 5.06. The van der Waals surface area contributed by atoms with Gasteiger partial charge in [-0.05, 0) is 11.6 Å². The Morgan fingerprint density at radius 3 is 2.89 bits per heavy atom. The fourth-order valence-corrected chi connectivity index (χ4v) is 1.65. The molecule has 0 aliphatic carbocycles. The van der Waals surface area contributed by atoms with E-state index in [0.29, 0.717) is 11.4 Å². The zero-order valence-electron chi connectivity index (χ0n) is 9.19. The maximum absolute atomic E-state index is 13.7. The van der Waals surface area contributed by atoms with Gasteiger partial charge in [0.15, 0.2) is 0 Å². The van der Waals surface area contributed by atoms with Crippen LogP contribution < -0.4 is 5.73 Å². The lowest BCUT2D eigenvalue weighted by Crippen LogP contribution is -2.04. The number of aromatic nitrogens is 2. The van der Waals surface area contributed by atoms with Crippen molar-refractivity contribution in [1.82, 2.24) is 9.97 Å². The van der Waals surface area contributed by atoms with Crippen molar-refractivity contribution in [2.75, 3.05) is 5.73 Å². The number of hydrogen-bond acceptors (Lipinski definition) is 4. The van der Waals surface area contributed by atoms with Gasteiger partial charge in [0.1, 0.15) is 29.1 Å². The Morgan fingerprint density at radius 1 is 1.44 bits per heavy atom. The van der Waals surface area contributed by atoms with Crippen LogP contribution in [-0.2, 0) is 6.42 Å². The molecule has 1 aromatic heterocycles. The molecule has 2 rings (SSSR count). The van der Waals surface area contributed by atoms with Gasteiger partial charge in [-0.3, -0.25) is 0 Å². The number of hydrogen-bond donors (Lipinski definition) is 1. The van der Waals surface area contributed by atoms with Gasteiger partial charge in [0.05, 0.1) is 11.2 Å². The summed E-state index contributed by atoms with van der Waals surface area (Å²) < 4.78 is 13.7. The van der Waals surface area contributed by atoms with E-state index in [-0.39, 0.29) is 22.8 Å². The normalized spacial score (nSPS) is 10.1. The van der Waals surface area contributed by atoms with Crippen LogP contribution in [0.3, 0.4) is 0 Å². The molecule has 0 atom stereocenters. The van der Waals surface area contributed by atoms with Gasteiger partial charge in [0, 0.05) is 6.42 Å². The Bertz CT molecular complexity index is 636. The summed E-state index contributed by atoms with van der Waals surface area (Å²) >= 11 is 5.68. The number of nitriles is 1. The minimum absolute atomic E-state index is 0.0501. The number of halogens is 2. The van der Waals surface area contributed by atoms with Crippen molar-refractivity contribution in [3.63, 3.8) is 0 Å². The molecule has 90 valence electrons. The zero-order valence-corrected chi connectivity index (χ0v) is 9.95. The lowest BCUT2D eigenvalue weighted by molar-refractivity contribution is 0.612. The van der Waals surface area contributed by atoms with Crippen molar-refractivity contribution < 1.29 is 4.39 Å². The standard InChI is InChI=1S/C12H8ClFN4/c13-9-3-1-2-7(11(9)14)4-10-17-6-8(5-15)12(16)18-10/h1-3,6H,4H2,(H2,16,17,18). The van der Waals surface area contributed by atoms with Crippen LogP contribution in [0.15, 0.2) is 24.4 Å². The summed E-state index contributed by atoms with van der Waals surface area (Å²) in [6.45, 7) is 0. The predicted molar refractivity (Wildman–Crippen MR) is 65.4 cm³/mol. The summed E-state index contributed by atoms with van der Waals surface area (Å²) in [6, 6.07) is 6.57. The van der Waals surface area contributed by atoms with Crippen LogP contribution >= 0.6 is 11.6 Å². The smallest absolute Gasteiger partial charge is 0.145 e. The third kappa shape index (κ3) is 2.39. The fourth-order valence-electron chi connectivity index (χ4n) is 1.46. The lowest BCUT2D eigenvalue weighted by Gasteiger charge is -2.04. The molecule has 0 bridgehead atoms. The SMILES string of the molecule is N#Cc1cnc(Cc2cccc(Cl)c2F)nc1N. The summed E-state index contributed by atoms with van der Waals surface area (Å²) in [5, 5.41) is 8.74. The number of rotatable bonds is 2. The van der Waals surface area contributed by atoms with Crippen LogP contribution in [0, 0.1) is 17.1 Å². The molecule has 0 saturated carbocycles. The van der Waals surface area contributed by atoms with Crippen molar-refractivity contribution in [1.29, 1.82) is 5.26 Å². The van der Waals surface area contributed by atoms with Gasteiger partial charge in [0.2, 0.25) is 0 Å². The molecule has 0 saturated heterocycles. The number of anilines is 1. The molecule has 2 aromatic rings. The second kappa shape index (κ2) is 4.98. The van der Waals surface area contributed by atoms with Gasteiger partial charge < -0.3 is 5.73 Å². The van der Waals surface area contributed by atoms with E-state index in [9.17, 15) is 4.39 Å². The van der Waals surface area contributed by atoms with Gasteiger partial charge in [0.25, 0.3) is 0 Å². The van der Waals surface area contributed by atoms with Crippen molar-refractivity contribution in [3.05, 3.63) is 52.2 Å². The van der Waals surface area contributed by atoms with Crippen molar-refractivity contribution in [2.45, 2.75) is 6.42 Å². The first kappa shape index (κ1) is 12.3. The first-order chi connectivity index (χ1) is 8.61. The van der Waals surface area contributed by atoms with E-state index in [1.54, 1.807) is 12.1 Å². The quantitative estimate of drug-likeness (QED) is 0.901. The van der Waals surface area contributed by atoms with Crippen molar-refractivity contribution in [2.24, 2.45) is 0 Å². The molecule has 2 N–H and O–H groups in total. The maximum Gasteiger partial charge on any atom is 0.145 e. The van der Waals surface area contributed by atoms with Gasteiger partial charge in [-0.2, -0.15) is 5.26 Å².